The molecule has 2 aromatic carbocycles. The monoisotopic (exact) mass is 429 g/mol. The number of rotatable bonds is 6. The van der Waals surface area contributed by atoms with Crippen molar-refractivity contribution in [3.05, 3.63) is 64.6 Å². The van der Waals surface area contributed by atoms with Gasteiger partial charge in [-0.25, -0.2) is 4.79 Å². The molecule has 1 unspecified atom stereocenters. The number of halogens is 1. The summed E-state index contributed by atoms with van der Waals surface area (Å²) in [5.41, 5.74) is 0.178. The third-order valence-corrected chi connectivity index (χ3v) is 5.21. The first-order valence-electron chi connectivity index (χ1n) is 8.72. The van der Waals surface area contributed by atoms with E-state index in [9.17, 15) is 14.4 Å². The smallest absolute Gasteiger partial charge is 0.324 e. The lowest BCUT2D eigenvalue weighted by Crippen LogP contribution is -2.44. The van der Waals surface area contributed by atoms with Crippen LogP contribution in [0.25, 0.3) is 0 Å². The van der Waals surface area contributed by atoms with Gasteiger partial charge in [0.1, 0.15) is 12.1 Å². The van der Waals surface area contributed by atoms with E-state index in [0.717, 1.165) is 14.9 Å². The number of amides is 4. The van der Waals surface area contributed by atoms with Gasteiger partial charge in [0.2, 0.25) is 5.91 Å². The van der Waals surface area contributed by atoms with E-state index >= 15 is 0 Å². The largest absolute Gasteiger partial charge is 0.325 e. The predicted octanol–water partition coefficient (Wildman–Crippen LogP) is 3.64. The molecule has 0 radical (unpaired) electrons. The molecule has 1 heterocycles. The molecule has 27 heavy (non-hydrogen) atoms. The van der Waals surface area contributed by atoms with Crippen LogP contribution in [-0.2, 0) is 15.1 Å². The summed E-state index contributed by atoms with van der Waals surface area (Å²) in [4.78, 5) is 39.0. The van der Waals surface area contributed by atoms with Gasteiger partial charge in [-0.05, 0) is 40.0 Å². The number of benzene rings is 2. The molecule has 1 saturated heterocycles. The Kier molecular flexibility index (Phi) is 5.60. The van der Waals surface area contributed by atoms with Crippen LogP contribution < -0.4 is 10.6 Å². The Balaban J connectivity index is 1.81. The van der Waals surface area contributed by atoms with Crippen LogP contribution >= 0.6 is 15.9 Å². The van der Waals surface area contributed by atoms with Crippen molar-refractivity contribution in [2.24, 2.45) is 0 Å². The van der Waals surface area contributed by atoms with Crippen LogP contribution in [0.5, 0.6) is 0 Å². The number of nitrogens with zero attached hydrogens (tertiary/aromatic N) is 1. The van der Waals surface area contributed by atoms with Crippen molar-refractivity contribution in [2.75, 3.05) is 11.9 Å². The standard InChI is InChI=1S/C20H20BrN3O3/c1-2-12-20(14-8-4-3-5-9-14)18(26)24(19(27)23-20)13-17(25)22-16-11-7-6-10-15(16)21/h3-11H,2,12-13H2,1H3,(H,22,25)(H,23,27). The zero-order valence-corrected chi connectivity index (χ0v) is 16.5. The SMILES string of the molecule is CCCC1(c2ccccc2)NC(=O)N(CC(=O)Nc2ccccc2Br)C1=O. The van der Waals surface area contributed by atoms with E-state index in [1.54, 1.807) is 18.2 Å². The zero-order chi connectivity index (χ0) is 19.4. The van der Waals surface area contributed by atoms with Crippen molar-refractivity contribution in [1.82, 2.24) is 10.2 Å². The lowest BCUT2D eigenvalue weighted by molar-refractivity contribution is -0.134. The zero-order valence-electron chi connectivity index (χ0n) is 14.9. The van der Waals surface area contributed by atoms with E-state index in [-0.39, 0.29) is 6.54 Å². The van der Waals surface area contributed by atoms with E-state index in [1.807, 2.05) is 43.3 Å². The molecular formula is C20H20BrN3O3. The lowest BCUT2D eigenvalue weighted by atomic mass is 9.85. The molecule has 0 spiro atoms. The first-order chi connectivity index (χ1) is 13.0. The normalized spacial score (nSPS) is 19.1. The number of hydrogen-bond donors (Lipinski definition) is 2. The molecule has 140 valence electrons. The fourth-order valence-corrected chi connectivity index (χ4v) is 3.66. The topological polar surface area (TPSA) is 78.5 Å². The maximum absolute atomic E-state index is 13.1. The summed E-state index contributed by atoms with van der Waals surface area (Å²) < 4.78 is 0.722. The molecule has 2 aromatic rings. The highest BCUT2D eigenvalue weighted by Crippen LogP contribution is 2.33. The second-order valence-corrected chi connectivity index (χ2v) is 7.23. The van der Waals surface area contributed by atoms with Crippen molar-refractivity contribution in [3.8, 4) is 0 Å². The highest BCUT2D eigenvalue weighted by Gasteiger charge is 2.52. The Labute approximate surface area is 166 Å². The van der Waals surface area contributed by atoms with Crippen molar-refractivity contribution in [2.45, 2.75) is 25.3 Å². The number of para-hydroxylation sites is 1. The number of urea groups is 1. The van der Waals surface area contributed by atoms with Gasteiger partial charge in [0.15, 0.2) is 0 Å². The summed E-state index contributed by atoms with van der Waals surface area (Å²) in [6.07, 6.45) is 1.17. The van der Waals surface area contributed by atoms with Crippen molar-refractivity contribution in [1.29, 1.82) is 0 Å². The number of nitrogens with one attached hydrogen (secondary N) is 2. The van der Waals surface area contributed by atoms with E-state index in [2.05, 4.69) is 26.6 Å². The second-order valence-electron chi connectivity index (χ2n) is 6.37. The molecule has 1 aliphatic heterocycles. The molecule has 0 bridgehead atoms. The Morgan fingerprint density at radius 3 is 2.44 bits per heavy atom. The highest BCUT2D eigenvalue weighted by molar-refractivity contribution is 9.10. The fraction of sp³-hybridized carbons (Fsp3) is 0.250. The molecule has 6 nitrogen and oxygen atoms in total. The minimum Gasteiger partial charge on any atom is -0.324 e. The average Bonchev–Trinajstić information content (AvgIpc) is 2.90. The Bertz CT molecular complexity index is 872. The Morgan fingerprint density at radius 1 is 1.11 bits per heavy atom. The predicted molar refractivity (Wildman–Crippen MR) is 106 cm³/mol. The van der Waals surface area contributed by atoms with Gasteiger partial charge in [-0.2, -0.15) is 0 Å². The van der Waals surface area contributed by atoms with E-state index < -0.39 is 23.4 Å². The van der Waals surface area contributed by atoms with Crippen molar-refractivity contribution in [3.63, 3.8) is 0 Å². The Morgan fingerprint density at radius 2 is 1.78 bits per heavy atom. The first-order valence-corrected chi connectivity index (χ1v) is 9.51. The van der Waals surface area contributed by atoms with Crippen LogP contribution in [0.3, 0.4) is 0 Å². The van der Waals surface area contributed by atoms with Gasteiger partial charge in [0, 0.05) is 4.47 Å². The van der Waals surface area contributed by atoms with Crippen molar-refractivity contribution >= 4 is 39.5 Å². The van der Waals surface area contributed by atoms with Gasteiger partial charge in [0.25, 0.3) is 5.91 Å². The first kappa shape index (κ1) is 19.1. The maximum atomic E-state index is 13.1. The minimum absolute atomic E-state index is 0.343. The Hall–Kier alpha value is -2.67. The summed E-state index contributed by atoms with van der Waals surface area (Å²) in [7, 11) is 0. The maximum Gasteiger partial charge on any atom is 0.325 e. The van der Waals surface area contributed by atoms with Gasteiger partial charge < -0.3 is 10.6 Å². The summed E-state index contributed by atoms with van der Waals surface area (Å²) in [5, 5.41) is 5.53. The number of carbonyl (C=O) groups excluding carboxylic acids is 3. The van der Waals surface area contributed by atoms with Crippen LogP contribution in [-0.4, -0.2) is 29.3 Å². The summed E-state index contributed by atoms with van der Waals surface area (Å²) >= 11 is 3.36. The number of carbonyl (C=O) groups is 3. The van der Waals surface area contributed by atoms with Crippen LogP contribution in [0, 0.1) is 0 Å². The molecule has 0 aromatic heterocycles. The van der Waals surface area contributed by atoms with Crippen LogP contribution in [0.2, 0.25) is 0 Å². The van der Waals surface area contributed by atoms with E-state index in [1.165, 1.54) is 0 Å². The molecule has 1 atom stereocenters. The van der Waals surface area contributed by atoms with Gasteiger partial charge >= 0.3 is 6.03 Å². The van der Waals surface area contributed by atoms with Crippen LogP contribution in [0.1, 0.15) is 25.3 Å². The molecular weight excluding hydrogens is 410 g/mol. The van der Waals surface area contributed by atoms with Gasteiger partial charge in [-0.1, -0.05) is 55.8 Å². The third kappa shape index (κ3) is 3.73. The van der Waals surface area contributed by atoms with Gasteiger partial charge in [0.05, 0.1) is 5.69 Å². The van der Waals surface area contributed by atoms with E-state index in [0.29, 0.717) is 18.5 Å². The van der Waals surface area contributed by atoms with Gasteiger partial charge in [-0.3, -0.25) is 14.5 Å². The second kappa shape index (κ2) is 7.92. The van der Waals surface area contributed by atoms with Crippen molar-refractivity contribution < 1.29 is 14.4 Å². The number of hydrogen-bond acceptors (Lipinski definition) is 3. The van der Waals surface area contributed by atoms with Gasteiger partial charge in [-0.15, -0.1) is 0 Å². The van der Waals surface area contributed by atoms with E-state index in [4.69, 9.17) is 0 Å². The molecule has 1 fully saturated rings. The molecule has 2 N–H and O–H groups in total. The van der Waals surface area contributed by atoms with Crippen LogP contribution in [0.4, 0.5) is 10.5 Å². The third-order valence-electron chi connectivity index (χ3n) is 4.52. The number of anilines is 1. The summed E-state index contributed by atoms with van der Waals surface area (Å²) in [6.45, 7) is 1.61. The molecule has 0 aliphatic carbocycles. The summed E-state index contributed by atoms with van der Waals surface area (Å²) in [5.74, 6) is -0.839. The fourth-order valence-electron chi connectivity index (χ4n) is 3.27. The quantitative estimate of drug-likeness (QED) is 0.687. The lowest BCUT2D eigenvalue weighted by Gasteiger charge is -2.26. The number of imide groups is 1. The average molecular weight is 430 g/mol. The molecule has 7 heteroatoms. The highest BCUT2D eigenvalue weighted by atomic mass is 79.9. The minimum atomic E-state index is -1.12. The molecule has 4 amide bonds. The van der Waals surface area contributed by atoms with Crippen LogP contribution in [0.15, 0.2) is 59.1 Å². The summed E-state index contributed by atoms with van der Waals surface area (Å²) in [6, 6.07) is 15.7. The molecule has 0 saturated carbocycles. The molecule has 1 aliphatic rings. The molecule has 3 rings (SSSR count).